The monoisotopic (exact) mass is 413 g/mol. The van der Waals surface area contributed by atoms with Crippen molar-refractivity contribution in [2.24, 2.45) is 0 Å². The molecule has 2 aliphatic heterocycles. The number of hydrogen-bond donors (Lipinski definition) is 2. The van der Waals surface area contributed by atoms with Crippen molar-refractivity contribution in [2.45, 2.75) is 50.7 Å². The molecule has 29 heavy (non-hydrogen) atoms. The van der Waals surface area contributed by atoms with Crippen molar-refractivity contribution < 1.29 is 9.59 Å². The topological polar surface area (TPSA) is 61.4 Å². The Balaban J connectivity index is 0.00000240. The Bertz CT molecular complexity index is 875. The smallest absolute Gasteiger partial charge is 0.255 e. The second kappa shape index (κ2) is 8.97. The van der Waals surface area contributed by atoms with E-state index >= 15 is 0 Å². The van der Waals surface area contributed by atoms with E-state index < -0.39 is 0 Å². The summed E-state index contributed by atoms with van der Waals surface area (Å²) in [4.78, 5) is 27.5. The van der Waals surface area contributed by atoms with E-state index in [-0.39, 0.29) is 30.3 Å². The van der Waals surface area contributed by atoms with Gasteiger partial charge in [-0.05, 0) is 62.4 Å². The lowest BCUT2D eigenvalue weighted by Crippen LogP contribution is -2.48. The van der Waals surface area contributed by atoms with E-state index in [9.17, 15) is 9.59 Å². The van der Waals surface area contributed by atoms with Gasteiger partial charge < -0.3 is 15.5 Å². The van der Waals surface area contributed by atoms with Crippen LogP contribution in [0.5, 0.6) is 0 Å². The maximum Gasteiger partial charge on any atom is 0.255 e. The number of nitrogens with one attached hydrogen (secondary N) is 2. The molecule has 0 aliphatic carbocycles. The molecule has 0 radical (unpaired) electrons. The van der Waals surface area contributed by atoms with Crippen LogP contribution in [-0.4, -0.2) is 41.9 Å². The highest BCUT2D eigenvalue weighted by Gasteiger charge is 2.36. The summed E-state index contributed by atoms with van der Waals surface area (Å²) in [5, 5.41) is 6.57. The lowest BCUT2D eigenvalue weighted by molar-refractivity contribution is 0.0681. The molecular formula is C23H28ClN3O2. The molecule has 2 saturated heterocycles. The molecule has 2 aromatic carbocycles. The van der Waals surface area contributed by atoms with Gasteiger partial charge in [-0.2, -0.15) is 0 Å². The average Bonchev–Trinajstić information content (AvgIpc) is 3.06. The molecule has 0 spiro atoms. The highest BCUT2D eigenvalue weighted by Crippen LogP contribution is 2.30. The van der Waals surface area contributed by atoms with Gasteiger partial charge in [0.05, 0.1) is 0 Å². The minimum absolute atomic E-state index is 0. The summed E-state index contributed by atoms with van der Waals surface area (Å²) in [6.07, 6.45) is 4.46. The molecular weight excluding hydrogens is 386 g/mol. The van der Waals surface area contributed by atoms with Crippen molar-refractivity contribution in [3.05, 3.63) is 65.2 Å². The fourth-order valence-corrected chi connectivity index (χ4v) is 4.39. The van der Waals surface area contributed by atoms with E-state index in [2.05, 4.69) is 10.6 Å². The Kier molecular flexibility index (Phi) is 6.60. The summed E-state index contributed by atoms with van der Waals surface area (Å²) >= 11 is 0. The molecule has 0 aromatic heterocycles. The molecule has 2 fully saturated rings. The Hall–Kier alpha value is -2.37. The van der Waals surface area contributed by atoms with Gasteiger partial charge in [0.2, 0.25) is 0 Å². The van der Waals surface area contributed by atoms with Gasteiger partial charge in [-0.3, -0.25) is 9.59 Å². The van der Waals surface area contributed by atoms with Gasteiger partial charge in [0.1, 0.15) is 0 Å². The number of carbonyl (C=O) groups excluding carboxylic acids is 2. The highest BCUT2D eigenvalue weighted by atomic mass is 35.5. The third-order valence-electron chi connectivity index (χ3n) is 6.08. The quantitative estimate of drug-likeness (QED) is 0.795. The number of carbonyl (C=O) groups is 2. The number of benzene rings is 2. The minimum atomic E-state index is -0.170. The number of hydrogen-bond acceptors (Lipinski definition) is 3. The van der Waals surface area contributed by atoms with Crippen LogP contribution in [0.2, 0.25) is 0 Å². The van der Waals surface area contributed by atoms with Crippen molar-refractivity contribution in [3.63, 3.8) is 0 Å². The average molecular weight is 414 g/mol. The predicted molar refractivity (Wildman–Crippen MR) is 118 cm³/mol. The minimum Gasteiger partial charge on any atom is -0.339 e. The molecule has 2 heterocycles. The van der Waals surface area contributed by atoms with Gasteiger partial charge >= 0.3 is 0 Å². The zero-order valence-corrected chi connectivity index (χ0v) is 17.7. The first-order chi connectivity index (χ1) is 13.5. The van der Waals surface area contributed by atoms with Crippen LogP contribution in [0.4, 0.5) is 5.69 Å². The van der Waals surface area contributed by atoms with E-state index in [1.165, 1.54) is 12.8 Å². The SMILES string of the molecule is Cc1ccc(C(=O)N(C)C2CC3CCC(C2)N3)cc1NC(=O)c1ccccc1.Cl. The number of fused-ring (bicyclic) bond motifs is 2. The molecule has 5 nitrogen and oxygen atoms in total. The van der Waals surface area contributed by atoms with Crippen LogP contribution in [0.3, 0.4) is 0 Å². The van der Waals surface area contributed by atoms with Gasteiger partial charge in [0, 0.05) is 42.0 Å². The standard InChI is InChI=1S/C23H27N3O2.ClH/c1-15-8-9-17(12-21(15)25-22(27)16-6-4-3-5-7-16)23(28)26(2)20-13-18-10-11-19(14-20)24-18;/h3-9,12,18-20,24H,10-11,13-14H2,1-2H3,(H,25,27);1H. The van der Waals surface area contributed by atoms with Crippen molar-refractivity contribution in [3.8, 4) is 0 Å². The van der Waals surface area contributed by atoms with E-state index in [1.54, 1.807) is 18.2 Å². The van der Waals surface area contributed by atoms with Crippen molar-refractivity contribution >= 4 is 29.9 Å². The zero-order valence-electron chi connectivity index (χ0n) is 16.9. The van der Waals surface area contributed by atoms with Gasteiger partial charge in [0.25, 0.3) is 11.8 Å². The van der Waals surface area contributed by atoms with Crippen molar-refractivity contribution in [2.75, 3.05) is 12.4 Å². The molecule has 2 aromatic rings. The number of nitrogens with zero attached hydrogens (tertiary/aromatic N) is 1. The third-order valence-corrected chi connectivity index (χ3v) is 6.08. The molecule has 2 bridgehead atoms. The summed E-state index contributed by atoms with van der Waals surface area (Å²) in [5.74, 6) is -0.155. The van der Waals surface area contributed by atoms with E-state index in [4.69, 9.17) is 0 Å². The van der Waals surface area contributed by atoms with Crippen LogP contribution in [0.1, 0.15) is 52.0 Å². The molecule has 4 rings (SSSR count). The van der Waals surface area contributed by atoms with Gasteiger partial charge in [-0.25, -0.2) is 0 Å². The predicted octanol–water partition coefficient (Wildman–Crippen LogP) is 4.02. The third kappa shape index (κ3) is 4.62. The van der Waals surface area contributed by atoms with E-state index in [0.717, 1.165) is 18.4 Å². The Morgan fingerprint density at radius 3 is 2.31 bits per heavy atom. The van der Waals surface area contributed by atoms with E-state index in [0.29, 0.717) is 28.9 Å². The number of halogens is 1. The van der Waals surface area contributed by atoms with E-state index in [1.807, 2.05) is 49.2 Å². The maximum absolute atomic E-state index is 13.1. The van der Waals surface area contributed by atoms with Crippen LogP contribution < -0.4 is 10.6 Å². The number of amides is 2. The Labute approximate surface area is 178 Å². The molecule has 2 unspecified atom stereocenters. The molecule has 2 aliphatic rings. The number of anilines is 1. The van der Waals surface area contributed by atoms with Gasteiger partial charge in [-0.15, -0.1) is 12.4 Å². The second-order valence-corrected chi connectivity index (χ2v) is 8.03. The normalized spacial score (nSPS) is 22.5. The van der Waals surface area contributed by atoms with Crippen molar-refractivity contribution in [1.82, 2.24) is 10.2 Å². The number of aryl methyl sites for hydroxylation is 1. The first-order valence-electron chi connectivity index (χ1n) is 10.0. The lowest BCUT2D eigenvalue weighted by Gasteiger charge is -2.35. The fourth-order valence-electron chi connectivity index (χ4n) is 4.39. The first kappa shape index (κ1) is 21.3. The number of piperidine rings is 1. The molecule has 154 valence electrons. The zero-order chi connectivity index (χ0) is 19.7. The van der Waals surface area contributed by atoms with Crippen LogP contribution in [0.25, 0.3) is 0 Å². The summed E-state index contributed by atoms with van der Waals surface area (Å²) in [5.41, 5.74) is 2.82. The fraction of sp³-hybridized carbons (Fsp3) is 0.391. The van der Waals surface area contributed by atoms with Crippen LogP contribution >= 0.6 is 12.4 Å². The summed E-state index contributed by atoms with van der Waals surface area (Å²) in [7, 11) is 1.90. The second-order valence-electron chi connectivity index (χ2n) is 8.03. The maximum atomic E-state index is 13.1. The first-order valence-corrected chi connectivity index (χ1v) is 10.0. The summed E-state index contributed by atoms with van der Waals surface area (Å²) in [6.45, 7) is 1.93. The molecule has 2 atom stereocenters. The molecule has 6 heteroatoms. The molecule has 2 amide bonds. The van der Waals surface area contributed by atoms with Crippen molar-refractivity contribution in [1.29, 1.82) is 0 Å². The number of rotatable bonds is 4. The van der Waals surface area contributed by atoms with Crippen LogP contribution in [-0.2, 0) is 0 Å². The largest absolute Gasteiger partial charge is 0.339 e. The highest BCUT2D eigenvalue weighted by molar-refractivity contribution is 6.05. The Morgan fingerprint density at radius 2 is 1.66 bits per heavy atom. The lowest BCUT2D eigenvalue weighted by atomic mass is 9.97. The van der Waals surface area contributed by atoms with Crippen LogP contribution in [0.15, 0.2) is 48.5 Å². The summed E-state index contributed by atoms with van der Waals surface area (Å²) < 4.78 is 0. The van der Waals surface area contributed by atoms with Gasteiger partial charge in [-0.1, -0.05) is 24.3 Å². The van der Waals surface area contributed by atoms with Crippen LogP contribution in [0, 0.1) is 6.92 Å². The van der Waals surface area contributed by atoms with Gasteiger partial charge in [0.15, 0.2) is 0 Å². The molecule has 2 N–H and O–H groups in total. The Morgan fingerprint density at radius 1 is 1.00 bits per heavy atom. The molecule has 0 saturated carbocycles. The summed E-state index contributed by atoms with van der Waals surface area (Å²) in [6, 6.07) is 16.0.